The van der Waals surface area contributed by atoms with E-state index in [1.807, 2.05) is 60.7 Å². The minimum Gasteiger partial charge on any atom is -0.485 e. The van der Waals surface area contributed by atoms with Crippen LogP contribution in [0.2, 0.25) is 0 Å². The van der Waals surface area contributed by atoms with Crippen LogP contribution in [0.4, 0.5) is 4.39 Å². The Balaban J connectivity index is 1.51. The summed E-state index contributed by atoms with van der Waals surface area (Å²) in [5, 5.41) is 12.2. The molecule has 4 rings (SSSR count). The van der Waals surface area contributed by atoms with Gasteiger partial charge in [0.1, 0.15) is 25.1 Å². The molecule has 0 aliphatic rings. The van der Waals surface area contributed by atoms with Crippen LogP contribution in [0.25, 0.3) is 0 Å². The Labute approximate surface area is 214 Å². The number of halogens is 1. The first-order valence-electron chi connectivity index (χ1n) is 11.7. The van der Waals surface area contributed by atoms with Crippen LogP contribution in [0.15, 0.2) is 103 Å². The average Bonchev–Trinajstić information content (AvgIpc) is 2.92. The Morgan fingerprint density at radius 1 is 0.730 bits per heavy atom. The first kappa shape index (κ1) is 25.4. The Bertz CT molecular complexity index is 1330. The molecule has 0 heterocycles. The number of aliphatic carboxylic acids is 1. The second-order valence-corrected chi connectivity index (χ2v) is 8.40. The second kappa shape index (κ2) is 12.4. The minimum absolute atomic E-state index is 0.0168. The summed E-state index contributed by atoms with van der Waals surface area (Å²) in [7, 11) is 0. The van der Waals surface area contributed by atoms with Crippen molar-refractivity contribution in [1.29, 1.82) is 0 Å². The van der Waals surface area contributed by atoms with Gasteiger partial charge in [-0.15, -0.1) is 0 Å². The Kier molecular flexibility index (Phi) is 8.49. The lowest BCUT2D eigenvalue weighted by molar-refractivity contribution is -0.139. The van der Waals surface area contributed by atoms with E-state index < -0.39 is 23.7 Å². The lowest BCUT2D eigenvalue weighted by Crippen LogP contribution is -2.42. The third-order valence-electron chi connectivity index (χ3n) is 5.63. The van der Waals surface area contributed by atoms with E-state index in [1.54, 1.807) is 18.2 Å². The van der Waals surface area contributed by atoms with Gasteiger partial charge in [-0.2, -0.15) is 0 Å². The molecular weight excluding hydrogens is 473 g/mol. The first-order valence-corrected chi connectivity index (χ1v) is 11.7. The number of carbonyl (C=O) groups excluding carboxylic acids is 1. The van der Waals surface area contributed by atoms with Crippen molar-refractivity contribution in [1.82, 2.24) is 5.32 Å². The summed E-state index contributed by atoms with van der Waals surface area (Å²) in [6.45, 7) is 0.642. The molecule has 0 aliphatic carbocycles. The van der Waals surface area contributed by atoms with Crippen LogP contribution in [0.3, 0.4) is 0 Å². The molecule has 0 radical (unpaired) electrons. The van der Waals surface area contributed by atoms with Gasteiger partial charge in [-0.05, 0) is 53.1 Å². The molecule has 1 atom stereocenters. The Hall–Kier alpha value is -4.65. The molecular formula is C30H26FNO5. The molecule has 2 N–H and O–H groups in total. The zero-order valence-corrected chi connectivity index (χ0v) is 20.0. The van der Waals surface area contributed by atoms with E-state index in [-0.39, 0.29) is 12.0 Å². The number of ether oxygens (including phenoxy) is 2. The van der Waals surface area contributed by atoms with Gasteiger partial charge in [-0.25, -0.2) is 9.18 Å². The van der Waals surface area contributed by atoms with Crippen LogP contribution in [0, 0.1) is 5.82 Å². The van der Waals surface area contributed by atoms with E-state index in [9.17, 15) is 19.1 Å². The molecule has 1 amide bonds. The van der Waals surface area contributed by atoms with Crippen molar-refractivity contribution >= 4 is 11.9 Å². The molecule has 4 aromatic carbocycles. The van der Waals surface area contributed by atoms with Crippen LogP contribution in [0.5, 0.6) is 11.5 Å². The summed E-state index contributed by atoms with van der Waals surface area (Å²) in [6, 6.07) is 28.3. The molecule has 0 saturated carbocycles. The Morgan fingerprint density at radius 2 is 1.30 bits per heavy atom. The highest BCUT2D eigenvalue weighted by Gasteiger charge is 2.22. The fraction of sp³-hybridized carbons (Fsp3) is 0.133. The third-order valence-corrected chi connectivity index (χ3v) is 5.63. The van der Waals surface area contributed by atoms with E-state index in [0.29, 0.717) is 30.3 Å². The lowest BCUT2D eigenvalue weighted by Gasteiger charge is -2.17. The van der Waals surface area contributed by atoms with E-state index >= 15 is 0 Å². The van der Waals surface area contributed by atoms with Crippen molar-refractivity contribution in [2.24, 2.45) is 0 Å². The molecule has 0 fully saturated rings. The standard InChI is InChI=1S/C30H26FNO5/c31-25-14-12-24(13-15-25)29(33)32-26(30(34)35)17-23-11-16-27(36-19-21-7-3-1-4-8-21)28(18-23)37-20-22-9-5-2-6-10-22/h1-16,18,26H,17,19-20H2,(H,32,33)(H,34,35)/t26-/m1/s1. The van der Waals surface area contributed by atoms with Crippen molar-refractivity contribution < 1.29 is 28.6 Å². The molecule has 0 aliphatic heterocycles. The number of carbonyl (C=O) groups is 2. The van der Waals surface area contributed by atoms with Gasteiger partial charge in [0.25, 0.3) is 5.91 Å². The number of hydrogen-bond donors (Lipinski definition) is 2. The largest absolute Gasteiger partial charge is 0.485 e. The van der Waals surface area contributed by atoms with Gasteiger partial charge in [0, 0.05) is 12.0 Å². The number of carboxylic acid groups (broad SMARTS) is 1. The number of nitrogens with one attached hydrogen (secondary N) is 1. The normalized spacial score (nSPS) is 11.4. The van der Waals surface area contributed by atoms with Gasteiger partial charge in [-0.1, -0.05) is 66.7 Å². The van der Waals surface area contributed by atoms with Crippen molar-refractivity contribution in [2.45, 2.75) is 25.7 Å². The molecule has 37 heavy (non-hydrogen) atoms. The number of carboxylic acids is 1. The van der Waals surface area contributed by atoms with Gasteiger partial charge < -0.3 is 19.9 Å². The van der Waals surface area contributed by atoms with Gasteiger partial charge in [0.05, 0.1) is 0 Å². The smallest absolute Gasteiger partial charge is 0.326 e. The predicted octanol–water partition coefficient (Wildman–Crippen LogP) is 5.41. The highest BCUT2D eigenvalue weighted by Crippen LogP contribution is 2.30. The molecule has 0 unspecified atom stereocenters. The van der Waals surface area contributed by atoms with Crippen LogP contribution < -0.4 is 14.8 Å². The van der Waals surface area contributed by atoms with E-state index in [2.05, 4.69) is 5.32 Å². The minimum atomic E-state index is -1.20. The molecule has 188 valence electrons. The number of rotatable bonds is 11. The average molecular weight is 500 g/mol. The number of amides is 1. The molecule has 4 aromatic rings. The fourth-order valence-electron chi connectivity index (χ4n) is 3.66. The SMILES string of the molecule is O=C(N[C@H](Cc1ccc(OCc2ccccc2)c(OCc2ccccc2)c1)C(=O)O)c1ccc(F)cc1. The molecule has 0 spiro atoms. The second-order valence-electron chi connectivity index (χ2n) is 8.40. The summed E-state index contributed by atoms with van der Waals surface area (Å²) in [6.07, 6.45) is 0.0168. The Morgan fingerprint density at radius 3 is 1.86 bits per heavy atom. The van der Waals surface area contributed by atoms with Gasteiger partial charge in [0.2, 0.25) is 0 Å². The van der Waals surface area contributed by atoms with Gasteiger partial charge in [-0.3, -0.25) is 4.79 Å². The van der Waals surface area contributed by atoms with Crippen LogP contribution in [-0.4, -0.2) is 23.0 Å². The van der Waals surface area contributed by atoms with E-state index in [0.717, 1.165) is 23.3 Å². The maximum Gasteiger partial charge on any atom is 0.326 e. The molecule has 7 heteroatoms. The van der Waals surface area contributed by atoms with Crippen molar-refractivity contribution in [3.05, 3.63) is 131 Å². The highest BCUT2D eigenvalue weighted by atomic mass is 19.1. The maximum absolute atomic E-state index is 13.2. The van der Waals surface area contributed by atoms with E-state index in [4.69, 9.17) is 9.47 Å². The quantitative estimate of drug-likeness (QED) is 0.288. The lowest BCUT2D eigenvalue weighted by atomic mass is 10.0. The molecule has 0 saturated heterocycles. The highest BCUT2D eigenvalue weighted by molar-refractivity contribution is 5.96. The van der Waals surface area contributed by atoms with Crippen molar-refractivity contribution in [3.8, 4) is 11.5 Å². The predicted molar refractivity (Wildman–Crippen MR) is 137 cm³/mol. The number of hydrogen-bond acceptors (Lipinski definition) is 4. The third kappa shape index (κ3) is 7.41. The molecule has 0 bridgehead atoms. The van der Waals surface area contributed by atoms with E-state index in [1.165, 1.54) is 12.1 Å². The summed E-state index contributed by atoms with van der Waals surface area (Å²) < 4.78 is 25.2. The van der Waals surface area contributed by atoms with Crippen LogP contribution >= 0.6 is 0 Å². The van der Waals surface area contributed by atoms with Crippen LogP contribution in [0.1, 0.15) is 27.0 Å². The van der Waals surface area contributed by atoms with Gasteiger partial charge in [0.15, 0.2) is 11.5 Å². The van der Waals surface area contributed by atoms with Gasteiger partial charge >= 0.3 is 5.97 Å². The summed E-state index contributed by atoms with van der Waals surface area (Å²) in [4.78, 5) is 24.4. The maximum atomic E-state index is 13.2. The number of benzene rings is 4. The summed E-state index contributed by atoms with van der Waals surface area (Å²) in [5.41, 5.74) is 2.78. The zero-order chi connectivity index (χ0) is 26.0. The fourth-order valence-corrected chi connectivity index (χ4v) is 3.66. The van der Waals surface area contributed by atoms with Crippen LogP contribution in [-0.2, 0) is 24.4 Å². The summed E-state index contributed by atoms with van der Waals surface area (Å²) >= 11 is 0. The topological polar surface area (TPSA) is 84.9 Å². The van der Waals surface area contributed by atoms with Crippen molar-refractivity contribution in [2.75, 3.05) is 0 Å². The first-order chi connectivity index (χ1) is 18.0. The summed E-state index contributed by atoms with van der Waals surface area (Å²) in [5.74, 6) is -1.29. The van der Waals surface area contributed by atoms with Crippen molar-refractivity contribution in [3.63, 3.8) is 0 Å². The zero-order valence-electron chi connectivity index (χ0n) is 20.0. The molecule has 0 aromatic heterocycles. The molecule has 6 nitrogen and oxygen atoms in total. The monoisotopic (exact) mass is 499 g/mol.